The molecule has 0 atom stereocenters. The van der Waals surface area contributed by atoms with E-state index in [9.17, 15) is 4.79 Å². The molecule has 122 valence electrons. The van der Waals surface area contributed by atoms with E-state index in [1.165, 1.54) is 0 Å². The summed E-state index contributed by atoms with van der Waals surface area (Å²) in [5.41, 5.74) is 0.371. The molecule has 1 saturated heterocycles. The Morgan fingerprint density at radius 1 is 1.30 bits per heavy atom. The number of hydrogen-bond donors (Lipinski definition) is 1. The third-order valence-electron chi connectivity index (χ3n) is 3.80. The van der Waals surface area contributed by atoms with Crippen LogP contribution in [-0.2, 0) is 12.5 Å². The Kier molecular flexibility index (Phi) is 3.79. The van der Waals surface area contributed by atoms with Gasteiger partial charge in [0, 0.05) is 37.9 Å². The topological polar surface area (TPSA) is 75.9 Å². The number of amides is 1. The lowest BCUT2D eigenvalue weighted by Crippen LogP contribution is -2.59. The molecule has 2 aromatic rings. The number of aromatic nitrogens is 4. The number of carbonyl (C=O) groups excluding carboxylic acids is 1. The maximum Gasteiger partial charge on any atom is 0.272 e. The molecule has 1 N–H and O–H groups in total. The minimum atomic E-state index is -0.131. The fraction of sp³-hybridized carbons (Fsp3) is 0.500. The van der Waals surface area contributed by atoms with Crippen LogP contribution in [0.1, 0.15) is 37.1 Å². The molecule has 0 bridgehead atoms. The van der Waals surface area contributed by atoms with Gasteiger partial charge in [0.2, 0.25) is 0 Å². The Labute approximate surface area is 135 Å². The maximum atomic E-state index is 12.1. The van der Waals surface area contributed by atoms with Gasteiger partial charge in [-0.2, -0.15) is 5.10 Å². The van der Waals surface area contributed by atoms with E-state index in [4.69, 9.17) is 0 Å². The summed E-state index contributed by atoms with van der Waals surface area (Å²) in [4.78, 5) is 23.2. The second-order valence-electron chi connectivity index (χ2n) is 6.94. The van der Waals surface area contributed by atoms with E-state index in [-0.39, 0.29) is 17.4 Å². The van der Waals surface area contributed by atoms with Gasteiger partial charge in [-0.05, 0) is 12.1 Å². The molecule has 7 heteroatoms. The number of nitrogens with zero attached hydrogens (tertiary/aromatic N) is 5. The van der Waals surface area contributed by atoms with Crippen molar-refractivity contribution in [2.75, 3.05) is 18.0 Å². The van der Waals surface area contributed by atoms with Crippen molar-refractivity contribution in [3.05, 3.63) is 36.0 Å². The van der Waals surface area contributed by atoms with Crippen molar-refractivity contribution in [1.82, 2.24) is 25.1 Å². The summed E-state index contributed by atoms with van der Waals surface area (Å²) in [5, 5.41) is 7.10. The van der Waals surface area contributed by atoms with Gasteiger partial charge in [-0.15, -0.1) is 0 Å². The van der Waals surface area contributed by atoms with Crippen molar-refractivity contribution in [1.29, 1.82) is 0 Å². The highest BCUT2D eigenvalue weighted by Crippen LogP contribution is 2.23. The quantitative estimate of drug-likeness (QED) is 0.919. The predicted octanol–water partition coefficient (Wildman–Crippen LogP) is 1.13. The highest BCUT2D eigenvalue weighted by molar-refractivity contribution is 5.92. The van der Waals surface area contributed by atoms with Crippen LogP contribution in [0.3, 0.4) is 0 Å². The lowest BCUT2D eigenvalue weighted by molar-refractivity contribution is 0.0924. The first-order valence-corrected chi connectivity index (χ1v) is 7.72. The highest BCUT2D eigenvalue weighted by atomic mass is 16.2. The summed E-state index contributed by atoms with van der Waals surface area (Å²) < 4.78 is 1.62. The largest absolute Gasteiger partial charge is 0.352 e. The van der Waals surface area contributed by atoms with Crippen LogP contribution in [0, 0.1) is 0 Å². The molecule has 23 heavy (non-hydrogen) atoms. The van der Waals surface area contributed by atoms with Crippen LogP contribution in [0.4, 0.5) is 5.82 Å². The minimum absolute atomic E-state index is 0.0759. The average Bonchev–Trinajstić information content (AvgIpc) is 2.88. The van der Waals surface area contributed by atoms with Gasteiger partial charge in [-0.3, -0.25) is 9.48 Å². The highest BCUT2D eigenvalue weighted by Gasteiger charge is 2.30. The number of rotatable bonds is 3. The van der Waals surface area contributed by atoms with Gasteiger partial charge < -0.3 is 10.2 Å². The summed E-state index contributed by atoms with van der Waals surface area (Å²) in [6.45, 7) is 7.78. The number of anilines is 1. The van der Waals surface area contributed by atoms with Crippen molar-refractivity contribution in [3.63, 3.8) is 0 Å². The van der Waals surface area contributed by atoms with Crippen LogP contribution in [-0.4, -0.2) is 44.8 Å². The molecule has 3 heterocycles. The third-order valence-corrected chi connectivity index (χ3v) is 3.80. The standard InChI is InChI=1S/C16H22N6O/c1-16(2,3)15-17-7-5-13(19-15)22-9-11(10-22)18-14(23)12-6-8-21(4)20-12/h5-8,11H,9-10H2,1-4H3,(H,18,23). The first-order valence-electron chi connectivity index (χ1n) is 7.72. The van der Waals surface area contributed by atoms with Crippen LogP contribution in [0.25, 0.3) is 0 Å². The first-order chi connectivity index (χ1) is 10.8. The monoisotopic (exact) mass is 314 g/mol. The van der Waals surface area contributed by atoms with Crippen molar-refractivity contribution in [3.8, 4) is 0 Å². The molecule has 3 rings (SSSR count). The van der Waals surface area contributed by atoms with Crippen molar-refractivity contribution < 1.29 is 4.79 Å². The van der Waals surface area contributed by atoms with Crippen LogP contribution < -0.4 is 10.2 Å². The molecule has 0 spiro atoms. The molecule has 0 unspecified atom stereocenters. The van der Waals surface area contributed by atoms with E-state index < -0.39 is 0 Å². The van der Waals surface area contributed by atoms with Gasteiger partial charge in [0.1, 0.15) is 17.3 Å². The Bertz CT molecular complexity index is 711. The molecule has 1 fully saturated rings. The van der Waals surface area contributed by atoms with E-state index >= 15 is 0 Å². The second kappa shape index (κ2) is 5.64. The molecule has 0 saturated carbocycles. The van der Waals surface area contributed by atoms with Crippen LogP contribution in [0.15, 0.2) is 24.5 Å². The zero-order valence-corrected chi connectivity index (χ0v) is 13.9. The van der Waals surface area contributed by atoms with Crippen molar-refractivity contribution >= 4 is 11.7 Å². The van der Waals surface area contributed by atoms with Crippen LogP contribution in [0.5, 0.6) is 0 Å². The van der Waals surface area contributed by atoms with Crippen molar-refractivity contribution in [2.24, 2.45) is 7.05 Å². The van der Waals surface area contributed by atoms with Crippen molar-refractivity contribution in [2.45, 2.75) is 32.2 Å². The van der Waals surface area contributed by atoms with E-state index in [1.54, 1.807) is 30.2 Å². The van der Waals surface area contributed by atoms with Gasteiger partial charge in [-0.25, -0.2) is 9.97 Å². The minimum Gasteiger partial charge on any atom is -0.352 e. The molecule has 1 aliphatic heterocycles. The Morgan fingerprint density at radius 3 is 2.65 bits per heavy atom. The SMILES string of the molecule is Cn1ccc(C(=O)NC2CN(c3ccnc(C(C)(C)C)n3)C2)n1. The van der Waals surface area contributed by atoms with Gasteiger partial charge >= 0.3 is 0 Å². The summed E-state index contributed by atoms with van der Waals surface area (Å²) in [5.74, 6) is 1.61. The lowest BCUT2D eigenvalue weighted by Gasteiger charge is -2.40. The maximum absolute atomic E-state index is 12.1. The zero-order chi connectivity index (χ0) is 16.6. The third kappa shape index (κ3) is 3.33. The molecule has 2 aromatic heterocycles. The predicted molar refractivity (Wildman–Crippen MR) is 87.4 cm³/mol. The Morgan fingerprint density at radius 2 is 2.04 bits per heavy atom. The average molecular weight is 314 g/mol. The van der Waals surface area contributed by atoms with Gasteiger partial charge in [-0.1, -0.05) is 20.8 Å². The summed E-state index contributed by atoms with van der Waals surface area (Å²) in [7, 11) is 1.80. The smallest absolute Gasteiger partial charge is 0.272 e. The van der Waals surface area contributed by atoms with E-state index in [0.29, 0.717) is 5.69 Å². The molecule has 0 aromatic carbocycles. The Balaban J connectivity index is 1.58. The van der Waals surface area contributed by atoms with Crippen LogP contribution in [0.2, 0.25) is 0 Å². The molecule has 7 nitrogen and oxygen atoms in total. The fourth-order valence-electron chi connectivity index (χ4n) is 2.44. The van der Waals surface area contributed by atoms with E-state index in [2.05, 4.69) is 46.1 Å². The van der Waals surface area contributed by atoms with Crippen LogP contribution >= 0.6 is 0 Å². The normalized spacial score (nSPS) is 15.4. The van der Waals surface area contributed by atoms with Gasteiger partial charge in [0.25, 0.3) is 5.91 Å². The molecule has 0 radical (unpaired) electrons. The molecule has 0 aliphatic carbocycles. The molecule has 1 aliphatic rings. The number of carbonyl (C=O) groups is 1. The summed E-state index contributed by atoms with van der Waals surface area (Å²) in [6.07, 6.45) is 3.56. The van der Waals surface area contributed by atoms with Gasteiger partial charge in [0.15, 0.2) is 0 Å². The fourth-order valence-corrected chi connectivity index (χ4v) is 2.44. The molecule has 1 amide bonds. The molecular weight excluding hydrogens is 292 g/mol. The van der Waals surface area contributed by atoms with E-state index in [1.807, 2.05) is 6.07 Å². The summed E-state index contributed by atoms with van der Waals surface area (Å²) in [6, 6.07) is 3.75. The number of hydrogen-bond acceptors (Lipinski definition) is 5. The second-order valence-corrected chi connectivity index (χ2v) is 6.94. The van der Waals surface area contributed by atoms with Gasteiger partial charge in [0.05, 0.1) is 6.04 Å². The number of nitrogens with one attached hydrogen (secondary N) is 1. The molecular formula is C16H22N6O. The Hall–Kier alpha value is -2.44. The zero-order valence-electron chi connectivity index (χ0n) is 13.9. The number of aryl methyl sites for hydroxylation is 1. The van der Waals surface area contributed by atoms with E-state index in [0.717, 1.165) is 24.7 Å². The first kappa shape index (κ1) is 15.5. The summed E-state index contributed by atoms with van der Waals surface area (Å²) >= 11 is 0. The lowest BCUT2D eigenvalue weighted by atomic mass is 9.96.